The summed E-state index contributed by atoms with van der Waals surface area (Å²) in [7, 11) is 3.17. The summed E-state index contributed by atoms with van der Waals surface area (Å²) < 4.78 is 18.9. The first-order valence-corrected chi connectivity index (χ1v) is 10.5. The molecule has 2 aromatic carbocycles. The van der Waals surface area contributed by atoms with E-state index in [1.807, 2.05) is 18.2 Å². The van der Waals surface area contributed by atoms with Crippen LogP contribution in [0.2, 0.25) is 0 Å². The highest BCUT2D eigenvalue weighted by molar-refractivity contribution is 9.10. The monoisotopic (exact) mass is 497 g/mol. The number of carbonyl (C=O) groups is 1. The summed E-state index contributed by atoms with van der Waals surface area (Å²) in [4.78, 5) is 12.2. The van der Waals surface area contributed by atoms with E-state index in [0.717, 1.165) is 4.47 Å². The summed E-state index contributed by atoms with van der Waals surface area (Å²) in [5, 5.41) is 15.7. The van der Waals surface area contributed by atoms with Crippen molar-refractivity contribution in [1.82, 2.24) is 25.1 Å². The van der Waals surface area contributed by atoms with Gasteiger partial charge in [-0.25, -0.2) is 0 Å². The summed E-state index contributed by atoms with van der Waals surface area (Å²) in [5.41, 5.74) is 1.81. The van der Waals surface area contributed by atoms with Crippen LogP contribution in [0.4, 0.5) is 0 Å². The highest BCUT2D eigenvalue weighted by Crippen LogP contribution is 2.32. The van der Waals surface area contributed by atoms with Gasteiger partial charge in [-0.05, 0) is 42.5 Å². The number of hydrogen-bond donors (Lipinski definition) is 1. The Labute approximate surface area is 192 Å². The van der Waals surface area contributed by atoms with Crippen LogP contribution in [0.3, 0.4) is 0 Å². The van der Waals surface area contributed by atoms with Crippen LogP contribution < -0.4 is 19.5 Å². The SMILES string of the molecule is COc1ccc(OC)c(-c2nnc3ccc(OCCNC(=O)c4cccc(Br)c4)nn23)c1. The van der Waals surface area contributed by atoms with E-state index in [-0.39, 0.29) is 12.5 Å². The molecular weight excluding hydrogens is 478 g/mol. The quantitative estimate of drug-likeness (QED) is 0.372. The fourth-order valence-corrected chi connectivity index (χ4v) is 3.46. The zero-order valence-corrected chi connectivity index (χ0v) is 19.0. The van der Waals surface area contributed by atoms with Crippen LogP contribution in [0.25, 0.3) is 17.0 Å². The molecule has 2 aromatic heterocycles. The van der Waals surface area contributed by atoms with Crippen LogP contribution in [-0.2, 0) is 0 Å². The minimum Gasteiger partial charge on any atom is -0.497 e. The maximum absolute atomic E-state index is 12.2. The lowest BCUT2D eigenvalue weighted by molar-refractivity contribution is 0.0946. The van der Waals surface area contributed by atoms with Crippen LogP contribution in [0.15, 0.2) is 59.1 Å². The molecule has 0 bridgehead atoms. The van der Waals surface area contributed by atoms with Crippen LogP contribution in [0.1, 0.15) is 10.4 Å². The van der Waals surface area contributed by atoms with E-state index in [2.05, 4.69) is 36.5 Å². The number of fused-ring (bicyclic) bond motifs is 1. The van der Waals surface area contributed by atoms with E-state index in [0.29, 0.717) is 46.5 Å². The second-order valence-electron chi connectivity index (χ2n) is 6.65. The molecule has 0 radical (unpaired) electrons. The number of aromatic nitrogens is 4. The third-order valence-corrected chi connectivity index (χ3v) is 5.10. The molecule has 0 unspecified atom stereocenters. The first-order chi connectivity index (χ1) is 15.6. The lowest BCUT2D eigenvalue weighted by Gasteiger charge is -2.10. The molecular formula is C22H20BrN5O4. The molecule has 0 saturated heterocycles. The first kappa shape index (κ1) is 21.6. The number of rotatable bonds is 8. The Kier molecular flexibility index (Phi) is 6.50. The third kappa shape index (κ3) is 4.65. The molecule has 2 heterocycles. The molecule has 1 N–H and O–H groups in total. The van der Waals surface area contributed by atoms with Gasteiger partial charge in [-0.1, -0.05) is 22.0 Å². The molecule has 0 aliphatic rings. The highest BCUT2D eigenvalue weighted by atomic mass is 79.9. The fraction of sp³-hybridized carbons (Fsp3) is 0.182. The molecule has 164 valence electrons. The van der Waals surface area contributed by atoms with Crippen LogP contribution >= 0.6 is 15.9 Å². The molecule has 4 aromatic rings. The van der Waals surface area contributed by atoms with Gasteiger partial charge in [0, 0.05) is 16.1 Å². The van der Waals surface area contributed by atoms with E-state index in [9.17, 15) is 4.79 Å². The molecule has 4 rings (SSSR count). The Hall–Kier alpha value is -3.66. The number of hydrogen-bond acceptors (Lipinski definition) is 7. The van der Waals surface area contributed by atoms with Gasteiger partial charge < -0.3 is 19.5 Å². The minimum atomic E-state index is -0.176. The number of nitrogens with one attached hydrogen (secondary N) is 1. The molecule has 0 atom stereocenters. The molecule has 10 heteroatoms. The molecule has 32 heavy (non-hydrogen) atoms. The van der Waals surface area contributed by atoms with Crippen molar-refractivity contribution in [3.05, 3.63) is 64.6 Å². The molecule has 0 spiro atoms. The maximum Gasteiger partial charge on any atom is 0.251 e. The van der Waals surface area contributed by atoms with E-state index < -0.39 is 0 Å². The molecule has 0 aliphatic carbocycles. The molecule has 0 saturated carbocycles. The van der Waals surface area contributed by atoms with Gasteiger partial charge in [-0.2, -0.15) is 4.52 Å². The lowest BCUT2D eigenvalue weighted by Crippen LogP contribution is -2.28. The third-order valence-electron chi connectivity index (χ3n) is 4.61. The van der Waals surface area contributed by atoms with Gasteiger partial charge in [0.2, 0.25) is 5.88 Å². The Morgan fingerprint density at radius 1 is 1.06 bits per heavy atom. The fourth-order valence-electron chi connectivity index (χ4n) is 3.06. The number of benzene rings is 2. The summed E-state index contributed by atoms with van der Waals surface area (Å²) >= 11 is 3.36. The second kappa shape index (κ2) is 9.65. The second-order valence-corrected chi connectivity index (χ2v) is 7.56. The van der Waals surface area contributed by atoms with E-state index in [1.54, 1.807) is 55.1 Å². The molecule has 0 aliphatic heterocycles. The van der Waals surface area contributed by atoms with Gasteiger partial charge >= 0.3 is 0 Å². The van der Waals surface area contributed by atoms with E-state index in [4.69, 9.17) is 14.2 Å². The predicted octanol–water partition coefficient (Wildman–Crippen LogP) is 3.38. The number of ether oxygens (including phenoxy) is 3. The molecule has 9 nitrogen and oxygen atoms in total. The zero-order chi connectivity index (χ0) is 22.5. The zero-order valence-electron chi connectivity index (χ0n) is 17.4. The number of nitrogens with zero attached hydrogens (tertiary/aromatic N) is 4. The van der Waals surface area contributed by atoms with Crippen molar-refractivity contribution in [1.29, 1.82) is 0 Å². The Morgan fingerprint density at radius 3 is 2.72 bits per heavy atom. The van der Waals surface area contributed by atoms with Crippen LogP contribution in [0, 0.1) is 0 Å². The first-order valence-electron chi connectivity index (χ1n) is 9.70. The van der Waals surface area contributed by atoms with Crippen LogP contribution in [-0.4, -0.2) is 53.1 Å². The Morgan fingerprint density at radius 2 is 1.94 bits per heavy atom. The summed E-state index contributed by atoms with van der Waals surface area (Å²) in [6.45, 7) is 0.571. The number of amides is 1. The standard InChI is InChI=1S/C22H20BrN5O4/c1-30-16-6-7-18(31-2)17(13-16)21-26-25-19-8-9-20(27-28(19)21)32-11-10-24-22(29)14-4-3-5-15(23)12-14/h3-9,12-13H,10-11H2,1-2H3,(H,24,29). The van der Waals surface area contributed by atoms with Crippen molar-refractivity contribution in [3.63, 3.8) is 0 Å². The number of carbonyl (C=O) groups excluding carboxylic acids is 1. The van der Waals surface area contributed by atoms with E-state index >= 15 is 0 Å². The largest absolute Gasteiger partial charge is 0.497 e. The summed E-state index contributed by atoms with van der Waals surface area (Å²) in [6, 6.07) is 16.0. The number of halogens is 1. The highest BCUT2D eigenvalue weighted by Gasteiger charge is 2.16. The summed E-state index contributed by atoms with van der Waals surface area (Å²) in [5.74, 6) is 1.96. The van der Waals surface area contributed by atoms with Gasteiger partial charge in [0.15, 0.2) is 11.5 Å². The Bertz CT molecular complexity index is 1260. The average molecular weight is 498 g/mol. The predicted molar refractivity (Wildman–Crippen MR) is 121 cm³/mol. The van der Waals surface area contributed by atoms with Gasteiger partial charge in [-0.3, -0.25) is 4.79 Å². The van der Waals surface area contributed by atoms with Crippen LogP contribution in [0.5, 0.6) is 17.4 Å². The lowest BCUT2D eigenvalue weighted by atomic mass is 10.2. The molecule has 1 amide bonds. The van der Waals surface area contributed by atoms with Gasteiger partial charge in [0.05, 0.1) is 26.3 Å². The molecule has 0 fully saturated rings. The average Bonchev–Trinajstić information content (AvgIpc) is 3.24. The summed E-state index contributed by atoms with van der Waals surface area (Å²) in [6.07, 6.45) is 0. The van der Waals surface area contributed by atoms with Crippen molar-refractivity contribution >= 4 is 27.5 Å². The van der Waals surface area contributed by atoms with Gasteiger partial charge in [0.1, 0.15) is 18.1 Å². The van der Waals surface area contributed by atoms with Gasteiger partial charge in [-0.15, -0.1) is 15.3 Å². The van der Waals surface area contributed by atoms with Gasteiger partial charge in [0.25, 0.3) is 5.91 Å². The normalized spacial score (nSPS) is 10.7. The van der Waals surface area contributed by atoms with Crippen molar-refractivity contribution in [2.45, 2.75) is 0 Å². The van der Waals surface area contributed by atoms with Crippen molar-refractivity contribution in [2.24, 2.45) is 0 Å². The minimum absolute atomic E-state index is 0.176. The smallest absolute Gasteiger partial charge is 0.251 e. The van der Waals surface area contributed by atoms with E-state index in [1.165, 1.54) is 0 Å². The maximum atomic E-state index is 12.2. The van der Waals surface area contributed by atoms with Crippen molar-refractivity contribution in [2.75, 3.05) is 27.4 Å². The number of methoxy groups -OCH3 is 2. The Balaban J connectivity index is 1.47. The topological polar surface area (TPSA) is 99.9 Å². The van der Waals surface area contributed by atoms with Crippen molar-refractivity contribution < 1.29 is 19.0 Å². The van der Waals surface area contributed by atoms with Crippen molar-refractivity contribution in [3.8, 4) is 28.8 Å².